The predicted molar refractivity (Wildman–Crippen MR) is 222 cm³/mol. The van der Waals surface area contributed by atoms with E-state index >= 15 is 0 Å². The Morgan fingerprint density at radius 2 is 1.59 bits per heavy atom. The number of fused-ring (bicyclic) bond motifs is 1. The zero-order valence-corrected chi connectivity index (χ0v) is 36.6. The predicted octanol–water partition coefficient (Wildman–Crippen LogP) is 9.12. The summed E-state index contributed by atoms with van der Waals surface area (Å²) in [5.41, 5.74) is 7.75. The van der Waals surface area contributed by atoms with Gasteiger partial charge in [0.2, 0.25) is 0 Å². The van der Waals surface area contributed by atoms with Gasteiger partial charge < -0.3 is 11.1 Å². The number of nitrogens with zero attached hydrogens (tertiary/aromatic N) is 6. The fourth-order valence-corrected chi connectivity index (χ4v) is 23.2. The molecule has 14 heteroatoms. The van der Waals surface area contributed by atoms with Crippen LogP contribution < -0.4 is 14.8 Å². The van der Waals surface area contributed by atoms with E-state index < -0.39 is 40.1 Å². The number of thioether (sulfide) groups is 1. The molecule has 286 valence electrons. The molecule has 0 saturated heterocycles. The Morgan fingerprint density at radius 3 is 2.20 bits per heavy atom. The van der Waals surface area contributed by atoms with E-state index in [9.17, 15) is 18.1 Å². The maximum absolute atomic E-state index is 13.9. The number of nitrogens with two attached hydrogens (primary N) is 1. The van der Waals surface area contributed by atoms with Crippen molar-refractivity contribution in [2.75, 3.05) is 23.6 Å². The third kappa shape index (κ3) is 11.1. The standard InChI is InChI=1S/C22H18FN7O2S.C6H6NS.3C4H9.Sn/c1-12(28-22-16(10-24)21(25)26-11-27-22)20-15(9-13-8-14(23)6-7-17(13)30-20)18-4-3-5-19(29-18)33(2,31)32;1-8-6-4-2-3-5-7-6;3*1-3-4-2;/h3-9,11-12H,1-2H3,(H3,25,26,27,28);2-4H,1H3;3*1,3-4H2,2H3;/t12-;;;;;/m0...../s1. The first-order valence-electron chi connectivity index (χ1n) is 18.5. The van der Waals surface area contributed by atoms with Gasteiger partial charge in [-0.25, -0.2) is 32.7 Å². The maximum Gasteiger partial charge on any atom is 0.192 e. The molecule has 54 heavy (non-hydrogen) atoms. The van der Waals surface area contributed by atoms with Crippen molar-refractivity contribution in [1.29, 1.82) is 5.26 Å². The van der Waals surface area contributed by atoms with Crippen LogP contribution in [0.4, 0.5) is 16.0 Å². The molecule has 4 aromatic heterocycles. The molecular formula is C40H51FN8O2S2Sn. The number of nitriles is 1. The van der Waals surface area contributed by atoms with Crippen LogP contribution in [0.1, 0.15) is 83.5 Å². The fourth-order valence-electron chi connectivity index (χ4n) is 6.49. The topological polar surface area (TPSA) is 160 Å². The number of sulfone groups is 1. The third-order valence-electron chi connectivity index (χ3n) is 9.44. The van der Waals surface area contributed by atoms with Crippen LogP contribution in [0, 0.1) is 17.1 Å². The second-order valence-corrected chi connectivity index (χ2v) is 29.3. The van der Waals surface area contributed by atoms with Crippen molar-refractivity contribution in [1.82, 2.24) is 24.9 Å². The number of hydrogen-bond donors (Lipinski definition) is 2. The molecule has 0 saturated carbocycles. The zero-order valence-electron chi connectivity index (χ0n) is 32.1. The van der Waals surface area contributed by atoms with Crippen molar-refractivity contribution in [3.05, 3.63) is 84.1 Å². The average Bonchev–Trinajstić information content (AvgIpc) is 3.17. The van der Waals surface area contributed by atoms with E-state index in [1.807, 2.05) is 6.07 Å². The van der Waals surface area contributed by atoms with Crippen LogP contribution in [-0.4, -0.2) is 64.2 Å². The van der Waals surface area contributed by atoms with Crippen LogP contribution in [0.2, 0.25) is 13.3 Å². The second-order valence-electron chi connectivity index (χ2n) is 13.5. The molecule has 0 spiro atoms. The summed E-state index contributed by atoms with van der Waals surface area (Å²) in [6, 6.07) is 18.8. The summed E-state index contributed by atoms with van der Waals surface area (Å²) < 4.78 is 44.0. The summed E-state index contributed by atoms with van der Waals surface area (Å²) in [5, 5.41) is 14.2. The number of nitrogen functional groups attached to an aromatic ring is 1. The molecule has 0 aliphatic heterocycles. The minimum absolute atomic E-state index is 0.0342. The zero-order chi connectivity index (χ0) is 39.3. The van der Waals surface area contributed by atoms with Gasteiger partial charge in [0, 0.05) is 17.2 Å². The first-order valence-corrected chi connectivity index (χ1v) is 29.1. The molecule has 0 aliphatic carbocycles. The first-order chi connectivity index (χ1) is 25.9. The van der Waals surface area contributed by atoms with E-state index in [2.05, 4.69) is 70.5 Å². The molecule has 0 amide bonds. The molecule has 0 radical (unpaired) electrons. The fraction of sp³-hybridized carbons (Fsp3) is 0.400. The number of unbranched alkanes of at least 4 members (excludes halogenated alkanes) is 3. The Labute approximate surface area is 327 Å². The van der Waals surface area contributed by atoms with Gasteiger partial charge in [0.1, 0.15) is 35.4 Å². The quantitative estimate of drug-likeness (QED) is 0.0719. The van der Waals surface area contributed by atoms with Gasteiger partial charge in [0.25, 0.3) is 0 Å². The van der Waals surface area contributed by atoms with Crippen molar-refractivity contribution < 1.29 is 12.8 Å². The molecule has 0 fully saturated rings. The molecule has 1 aromatic carbocycles. The average molecular weight is 878 g/mol. The smallest absolute Gasteiger partial charge is 0.192 e. The summed E-state index contributed by atoms with van der Waals surface area (Å²) in [6.45, 7) is 8.80. The normalized spacial score (nSPS) is 12.1. The van der Waals surface area contributed by atoms with Crippen LogP contribution in [0.5, 0.6) is 0 Å². The summed E-state index contributed by atoms with van der Waals surface area (Å²) in [4.78, 5) is 22.0. The largest absolute Gasteiger partial charge is 0.382 e. The number of aromatic nitrogens is 5. The molecule has 4 heterocycles. The summed E-state index contributed by atoms with van der Waals surface area (Å²) in [6.07, 6.45) is 12.7. The Kier molecular flexibility index (Phi) is 16.0. The van der Waals surface area contributed by atoms with Crippen molar-refractivity contribution in [3.8, 4) is 17.3 Å². The minimum Gasteiger partial charge on any atom is -0.382 e. The van der Waals surface area contributed by atoms with Crippen LogP contribution in [-0.2, 0) is 9.84 Å². The number of hydrogen-bond acceptors (Lipinski definition) is 11. The maximum atomic E-state index is 13.9. The molecule has 0 bridgehead atoms. The van der Waals surface area contributed by atoms with Crippen molar-refractivity contribution >= 4 is 66.2 Å². The Morgan fingerprint density at radius 1 is 0.926 bits per heavy atom. The van der Waals surface area contributed by atoms with Gasteiger partial charge in [0.05, 0.1) is 22.9 Å². The number of benzene rings is 1. The summed E-state index contributed by atoms with van der Waals surface area (Å²) >= 11 is -0.494. The van der Waals surface area contributed by atoms with Crippen molar-refractivity contribution in [3.63, 3.8) is 0 Å². The number of halogens is 1. The Bertz CT molecular complexity index is 2160. The number of rotatable bonds is 16. The van der Waals surface area contributed by atoms with Crippen LogP contribution in [0.25, 0.3) is 22.2 Å². The van der Waals surface area contributed by atoms with Crippen LogP contribution >= 0.6 is 11.8 Å². The van der Waals surface area contributed by atoms with E-state index in [1.165, 1.54) is 81.4 Å². The van der Waals surface area contributed by atoms with Gasteiger partial charge in [-0.15, -0.1) is 0 Å². The van der Waals surface area contributed by atoms with E-state index in [1.54, 1.807) is 46.7 Å². The van der Waals surface area contributed by atoms with Gasteiger partial charge in [-0.3, -0.25) is 0 Å². The monoisotopic (exact) mass is 878 g/mol. The third-order valence-corrected chi connectivity index (χ3v) is 26.2. The number of nitrogens with one attached hydrogen (secondary N) is 1. The summed E-state index contributed by atoms with van der Waals surface area (Å²) in [5.74, 6) is -0.170. The van der Waals surface area contributed by atoms with Crippen LogP contribution in [0.3, 0.4) is 0 Å². The van der Waals surface area contributed by atoms with E-state index in [-0.39, 0.29) is 22.2 Å². The molecule has 0 aliphatic rings. The van der Waals surface area contributed by atoms with E-state index in [0.29, 0.717) is 27.9 Å². The van der Waals surface area contributed by atoms with Crippen molar-refractivity contribution in [2.45, 2.75) is 95.6 Å². The van der Waals surface area contributed by atoms with E-state index in [4.69, 9.17) is 10.7 Å². The van der Waals surface area contributed by atoms with Crippen molar-refractivity contribution in [2.24, 2.45) is 0 Å². The molecule has 5 rings (SSSR count). The van der Waals surface area contributed by atoms with Gasteiger partial charge in [0.15, 0.2) is 14.9 Å². The molecule has 3 N–H and O–H groups in total. The van der Waals surface area contributed by atoms with E-state index in [0.717, 1.165) is 6.26 Å². The SMILES string of the molecule is CCC[CH2][Sn]([CH2]CCC)([CH2]CCC)[c]1cccc(SC)n1.C[C@H](Nc1ncnc(N)c1C#N)c1nc2ccc(F)cc2cc1-c1cccc(S(C)(=O)=O)n1. The Balaban J connectivity index is 0.000000268. The van der Waals surface area contributed by atoms with Gasteiger partial charge in [-0.05, 0) is 43.3 Å². The Hall–Kier alpha value is -3.87. The molecule has 10 nitrogen and oxygen atoms in total. The van der Waals surface area contributed by atoms with Gasteiger partial charge >= 0.3 is 141 Å². The first kappa shape index (κ1) is 42.9. The second kappa shape index (κ2) is 20.2. The molecule has 1 atom stereocenters. The number of anilines is 2. The minimum atomic E-state index is -3.55. The van der Waals surface area contributed by atoms with Gasteiger partial charge in [-0.1, -0.05) is 6.07 Å². The molecular weight excluding hydrogens is 826 g/mol. The summed E-state index contributed by atoms with van der Waals surface area (Å²) in [7, 11) is -3.55. The van der Waals surface area contributed by atoms with Crippen LogP contribution in [0.15, 0.2) is 77.0 Å². The molecule has 5 aromatic rings. The molecule has 0 unspecified atom stereocenters. The number of pyridine rings is 3. The van der Waals surface area contributed by atoms with Gasteiger partial charge in [-0.2, -0.15) is 5.26 Å².